The molecule has 1 aliphatic heterocycles. The van der Waals surface area contributed by atoms with Crippen LogP contribution >= 0.6 is 0 Å². The summed E-state index contributed by atoms with van der Waals surface area (Å²) in [6.45, 7) is 7.85. The Balaban J connectivity index is 1.72. The molecule has 1 atom stereocenters. The Bertz CT molecular complexity index is 1040. The summed E-state index contributed by atoms with van der Waals surface area (Å²) < 4.78 is 6.01. The van der Waals surface area contributed by atoms with E-state index >= 15 is 0 Å². The van der Waals surface area contributed by atoms with Crippen molar-refractivity contribution in [3.8, 4) is 16.9 Å². The first-order valence-corrected chi connectivity index (χ1v) is 10.7. The fourth-order valence-electron chi connectivity index (χ4n) is 4.04. The highest BCUT2D eigenvalue weighted by molar-refractivity contribution is 5.84. The van der Waals surface area contributed by atoms with Gasteiger partial charge in [-0.25, -0.2) is 0 Å². The molecule has 31 heavy (non-hydrogen) atoms. The second kappa shape index (κ2) is 8.90. The highest BCUT2D eigenvalue weighted by atomic mass is 16.5. The van der Waals surface area contributed by atoms with Crippen molar-refractivity contribution in [1.82, 2.24) is 15.2 Å². The van der Waals surface area contributed by atoms with E-state index in [1.807, 2.05) is 81.7 Å². The summed E-state index contributed by atoms with van der Waals surface area (Å²) in [7, 11) is 0. The van der Waals surface area contributed by atoms with Crippen molar-refractivity contribution in [1.29, 1.82) is 0 Å². The summed E-state index contributed by atoms with van der Waals surface area (Å²) in [6.07, 6.45) is 3.61. The van der Waals surface area contributed by atoms with Crippen LogP contribution < -0.4 is 10.1 Å². The second-order valence-electron chi connectivity index (χ2n) is 8.89. The normalized spacial score (nSPS) is 16.7. The third-order valence-electron chi connectivity index (χ3n) is 5.34. The Morgan fingerprint density at radius 2 is 1.77 bits per heavy atom. The molecular formula is C26H29N3O2. The number of benzene rings is 2. The predicted molar refractivity (Wildman–Crippen MR) is 123 cm³/mol. The van der Waals surface area contributed by atoms with Crippen molar-refractivity contribution in [2.45, 2.75) is 38.9 Å². The van der Waals surface area contributed by atoms with Crippen LogP contribution in [-0.4, -0.2) is 34.5 Å². The van der Waals surface area contributed by atoms with Crippen LogP contribution in [0.3, 0.4) is 0 Å². The molecule has 0 saturated carbocycles. The lowest BCUT2D eigenvalue weighted by Gasteiger charge is -2.32. The number of carbonyl (C=O) groups is 1. The molecule has 2 heterocycles. The van der Waals surface area contributed by atoms with Gasteiger partial charge in [0.1, 0.15) is 18.4 Å². The lowest BCUT2D eigenvalue weighted by atomic mass is 9.97. The quantitative estimate of drug-likeness (QED) is 0.677. The number of hydrogen-bond donors (Lipinski definition) is 1. The molecule has 0 radical (unpaired) electrons. The molecule has 2 aromatic carbocycles. The molecule has 5 heteroatoms. The Morgan fingerprint density at radius 3 is 2.55 bits per heavy atom. The van der Waals surface area contributed by atoms with Gasteiger partial charge in [0, 0.05) is 36.6 Å². The van der Waals surface area contributed by atoms with Gasteiger partial charge in [-0.2, -0.15) is 0 Å². The minimum Gasteiger partial charge on any atom is -0.492 e. The van der Waals surface area contributed by atoms with Crippen LogP contribution in [-0.2, 0) is 11.3 Å². The summed E-state index contributed by atoms with van der Waals surface area (Å²) in [6, 6.07) is 19.8. The average molecular weight is 416 g/mol. The van der Waals surface area contributed by atoms with E-state index in [2.05, 4.69) is 27.3 Å². The fourth-order valence-corrected chi connectivity index (χ4v) is 4.04. The number of nitrogens with zero attached hydrogens (tertiary/aromatic N) is 2. The monoisotopic (exact) mass is 415 g/mol. The number of ether oxygens (including phenoxy) is 1. The Hall–Kier alpha value is -3.18. The molecule has 1 aliphatic rings. The SMILES string of the molecule is CC(C)(C)NC(=O)C1c2ccccc2OCCN1Cc1ccccc1-c1ccncc1. The van der Waals surface area contributed by atoms with Crippen molar-refractivity contribution in [2.24, 2.45) is 0 Å². The molecule has 1 aromatic heterocycles. The van der Waals surface area contributed by atoms with Gasteiger partial charge in [0.25, 0.3) is 0 Å². The van der Waals surface area contributed by atoms with Crippen LogP contribution in [0.2, 0.25) is 0 Å². The fraction of sp³-hybridized carbons (Fsp3) is 0.308. The zero-order chi connectivity index (χ0) is 21.8. The maximum Gasteiger partial charge on any atom is 0.242 e. The lowest BCUT2D eigenvalue weighted by Crippen LogP contribution is -2.47. The molecule has 1 N–H and O–H groups in total. The van der Waals surface area contributed by atoms with E-state index in [0.29, 0.717) is 19.7 Å². The van der Waals surface area contributed by atoms with Crippen molar-refractivity contribution in [3.63, 3.8) is 0 Å². The van der Waals surface area contributed by atoms with Crippen LogP contribution in [0.15, 0.2) is 73.1 Å². The minimum absolute atomic E-state index is 0.00755. The summed E-state index contributed by atoms with van der Waals surface area (Å²) in [5, 5.41) is 3.18. The summed E-state index contributed by atoms with van der Waals surface area (Å²) in [4.78, 5) is 19.8. The highest BCUT2D eigenvalue weighted by Crippen LogP contribution is 2.35. The van der Waals surface area contributed by atoms with Crippen LogP contribution in [0.4, 0.5) is 0 Å². The smallest absolute Gasteiger partial charge is 0.242 e. The van der Waals surface area contributed by atoms with Crippen LogP contribution in [0, 0.1) is 0 Å². The molecule has 0 fully saturated rings. The number of amides is 1. The van der Waals surface area contributed by atoms with Crippen molar-refractivity contribution < 1.29 is 9.53 Å². The van der Waals surface area contributed by atoms with E-state index in [9.17, 15) is 4.79 Å². The zero-order valence-electron chi connectivity index (χ0n) is 18.3. The molecule has 0 saturated heterocycles. The van der Waals surface area contributed by atoms with Gasteiger partial charge in [0.15, 0.2) is 0 Å². The highest BCUT2D eigenvalue weighted by Gasteiger charge is 2.34. The molecule has 0 bridgehead atoms. The van der Waals surface area contributed by atoms with Gasteiger partial charge in [-0.1, -0.05) is 42.5 Å². The molecule has 4 rings (SSSR count). The molecule has 0 aliphatic carbocycles. The second-order valence-corrected chi connectivity index (χ2v) is 8.89. The maximum absolute atomic E-state index is 13.5. The number of aromatic nitrogens is 1. The molecule has 160 valence electrons. The predicted octanol–water partition coefficient (Wildman–Crippen LogP) is 4.60. The van der Waals surface area contributed by atoms with Crippen LogP contribution in [0.25, 0.3) is 11.1 Å². The molecule has 1 amide bonds. The third-order valence-corrected chi connectivity index (χ3v) is 5.34. The largest absolute Gasteiger partial charge is 0.492 e. The minimum atomic E-state index is -0.427. The number of hydrogen-bond acceptors (Lipinski definition) is 4. The first-order valence-electron chi connectivity index (χ1n) is 10.7. The maximum atomic E-state index is 13.5. The number of para-hydroxylation sites is 1. The van der Waals surface area contributed by atoms with Crippen LogP contribution in [0.1, 0.15) is 37.9 Å². The Morgan fingerprint density at radius 1 is 1.06 bits per heavy atom. The average Bonchev–Trinajstić information content (AvgIpc) is 2.92. The molecule has 0 spiro atoms. The van der Waals surface area contributed by atoms with Gasteiger partial charge in [0.05, 0.1) is 0 Å². The van der Waals surface area contributed by atoms with E-state index in [-0.39, 0.29) is 11.4 Å². The Labute approximate surface area is 184 Å². The van der Waals surface area contributed by atoms with Crippen molar-refractivity contribution in [3.05, 3.63) is 84.2 Å². The van der Waals surface area contributed by atoms with Gasteiger partial charge < -0.3 is 10.1 Å². The molecule has 1 unspecified atom stereocenters. The van der Waals surface area contributed by atoms with E-state index in [1.54, 1.807) is 0 Å². The lowest BCUT2D eigenvalue weighted by molar-refractivity contribution is -0.128. The van der Waals surface area contributed by atoms with Gasteiger partial charge in [0.2, 0.25) is 5.91 Å². The van der Waals surface area contributed by atoms with Crippen molar-refractivity contribution >= 4 is 5.91 Å². The first kappa shape index (κ1) is 21.1. The number of pyridine rings is 1. The van der Waals surface area contributed by atoms with Crippen LogP contribution in [0.5, 0.6) is 5.75 Å². The van der Waals surface area contributed by atoms with E-state index in [1.165, 1.54) is 5.56 Å². The number of nitrogens with one attached hydrogen (secondary N) is 1. The summed E-state index contributed by atoms with van der Waals surface area (Å²) in [5.74, 6) is 0.772. The third kappa shape index (κ3) is 4.94. The Kier molecular flexibility index (Phi) is 6.05. The van der Waals surface area contributed by atoms with Gasteiger partial charge in [-0.05, 0) is 55.7 Å². The molecule has 3 aromatic rings. The topological polar surface area (TPSA) is 54.5 Å². The van der Waals surface area contributed by atoms with Gasteiger partial charge in [-0.15, -0.1) is 0 Å². The molecule has 5 nitrogen and oxygen atoms in total. The van der Waals surface area contributed by atoms with E-state index in [4.69, 9.17) is 4.74 Å². The summed E-state index contributed by atoms with van der Waals surface area (Å²) >= 11 is 0. The van der Waals surface area contributed by atoms with Gasteiger partial charge in [-0.3, -0.25) is 14.7 Å². The van der Waals surface area contributed by atoms with E-state index in [0.717, 1.165) is 22.4 Å². The number of rotatable bonds is 4. The standard InChI is InChI=1S/C26H29N3O2/c1-26(2,3)28-25(30)24-22-10-6-7-11-23(22)31-17-16-29(24)18-20-8-4-5-9-21(20)19-12-14-27-15-13-19/h4-15,24H,16-18H2,1-3H3,(H,28,30). The zero-order valence-corrected chi connectivity index (χ0v) is 18.3. The number of carbonyl (C=O) groups excluding carboxylic acids is 1. The van der Waals surface area contributed by atoms with Crippen molar-refractivity contribution in [2.75, 3.05) is 13.2 Å². The van der Waals surface area contributed by atoms with E-state index < -0.39 is 6.04 Å². The van der Waals surface area contributed by atoms with Gasteiger partial charge >= 0.3 is 0 Å². The number of fused-ring (bicyclic) bond motifs is 1. The molecular weight excluding hydrogens is 386 g/mol. The first-order chi connectivity index (χ1) is 14.9. The summed E-state index contributed by atoms with van der Waals surface area (Å²) in [5.41, 5.74) is 4.02.